The van der Waals surface area contributed by atoms with Gasteiger partial charge in [0.15, 0.2) is 5.78 Å². The van der Waals surface area contributed by atoms with Crippen LogP contribution in [0, 0.1) is 0 Å². The molecule has 1 heterocycles. The van der Waals surface area contributed by atoms with E-state index in [1.807, 2.05) is 12.1 Å². The summed E-state index contributed by atoms with van der Waals surface area (Å²) in [6, 6.07) is 5.97. The van der Waals surface area contributed by atoms with Crippen LogP contribution in [0.5, 0.6) is 0 Å². The third-order valence-corrected chi connectivity index (χ3v) is 5.83. The van der Waals surface area contributed by atoms with Gasteiger partial charge in [-0.2, -0.15) is 0 Å². The number of ketones is 1. The molecule has 1 aromatic heterocycles. The van der Waals surface area contributed by atoms with Crippen molar-refractivity contribution in [2.45, 2.75) is 64.7 Å². The van der Waals surface area contributed by atoms with Crippen molar-refractivity contribution >= 4 is 28.2 Å². The van der Waals surface area contributed by atoms with Gasteiger partial charge in [0.25, 0.3) is 0 Å². The number of aryl methyl sites for hydroxylation is 2. The number of hydrogen-bond donors (Lipinski definition) is 1. The minimum absolute atomic E-state index is 0.0150. The predicted molar refractivity (Wildman–Crippen MR) is 104 cm³/mol. The number of aromatic nitrogens is 2. The number of nitrogens with one attached hydrogen (secondary N) is 1. The first-order valence-electron chi connectivity index (χ1n) is 9.12. The molecule has 0 bridgehead atoms. The normalized spacial score (nSPS) is 14.0. The molecule has 0 spiro atoms. The van der Waals surface area contributed by atoms with Crippen LogP contribution in [-0.2, 0) is 23.1 Å². The fourth-order valence-corrected chi connectivity index (χ4v) is 3.85. The van der Waals surface area contributed by atoms with Gasteiger partial charge >= 0.3 is 0 Å². The summed E-state index contributed by atoms with van der Waals surface area (Å²) >= 11 is 1.38. The first kappa shape index (κ1) is 18.7. The zero-order valence-electron chi connectivity index (χ0n) is 15.6. The second-order valence-electron chi connectivity index (χ2n) is 7.82. The van der Waals surface area contributed by atoms with Gasteiger partial charge in [-0.25, -0.2) is 0 Å². The fraction of sp³-hybridized carbons (Fsp3) is 0.500. The quantitative estimate of drug-likeness (QED) is 0.795. The van der Waals surface area contributed by atoms with Gasteiger partial charge in [0.05, 0.1) is 0 Å². The number of nitrogens with zero attached hydrogens (tertiary/aromatic N) is 2. The highest BCUT2D eigenvalue weighted by atomic mass is 32.1. The van der Waals surface area contributed by atoms with Crippen molar-refractivity contribution < 1.29 is 9.59 Å². The number of Topliss-reactive ketones (excluding diaryl/α,β-unsaturated/α-hetero) is 1. The number of hydrogen-bond acceptors (Lipinski definition) is 5. The third kappa shape index (κ3) is 4.55. The molecular formula is C20H25N3O2S. The zero-order chi connectivity index (χ0) is 18.7. The summed E-state index contributed by atoms with van der Waals surface area (Å²) in [5.74, 6) is -0.186. The first-order valence-corrected chi connectivity index (χ1v) is 9.93. The second-order valence-corrected chi connectivity index (χ2v) is 8.80. The van der Waals surface area contributed by atoms with Crippen molar-refractivity contribution in [2.75, 3.05) is 5.32 Å². The summed E-state index contributed by atoms with van der Waals surface area (Å²) < 4.78 is 0. The van der Waals surface area contributed by atoms with E-state index in [9.17, 15) is 9.59 Å². The summed E-state index contributed by atoms with van der Waals surface area (Å²) in [4.78, 5) is 24.5. The number of rotatable bonds is 5. The Bertz CT molecular complexity index is 821. The van der Waals surface area contributed by atoms with Crippen molar-refractivity contribution in [3.8, 4) is 0 Å². The van der Waals surface area contributed by atoms with Gasteiger partial charge in [0.2, 0.25) is 11.0 Å². The average molecular weight is 372 g/mol. The number of anilines is 1. The Hall–Kier alpha value is -2.08. The van der Waals surface area contributed by atoms with Crippen molar-refractivity contribution in [3.05, 3.63) is 39.9 Å². The molecule has 0 aliphatic heterocycles. The van der Waals surface area contributed by atoms with Gasteiger partial charge in [-0.05, 0) is 42.9 Å². The summed E-state index contributed by atoms with van der Waals surface area (Å²) in [7, 11) is 0. The molecule has 1 aromatic carbocycles. The lowest BCUT2D eigenvalue weighted by atomic mass is 9.89. The Balaban J connectivity index is 1.54. The lowest BCUT2D eigenvalue weighted by Gasteiger charge is -2.16. The zero-order valence-corrected chi connectivity index (χ0v) is 16.4. The summed E-state index contributed by atoms with van der Waals surface area (Å²) in [6.45, 7) is 6.16. The van der Waals surface area contributed by atoms with Crippen molar-refractivity contribution in [1.29, 1.82) is 0 Å². The Labute approximate surface area is 158 Å². The van der Waals surface area contributed by atoms with Gasteiger partial charge in [0.1, 0.15) is 5.01 Å². The molecule has 6 heteroatoms. The summed E-state index contributed by atoms with van der Waals surface area (Å²) in [5, 5.41) is 12.2. The maximum Gasteiger partial charge on any atom is 0.226 e. The second kappa shape index (κ2) is 7.66. The van der Waals surface area contributed by atoms with Gasteiger partial charge in [-0.15, -0.1) is 10.2 Å². The van der Waals surface area contributed by atoms with E-state index in [-0.39, 0.29) is 29.9 Å². The SMILES string of the molecule is CC(C)(C)c1nnc(NC(=O)CCC(=O)c2ccc3c(c2)CCCC3)s1. The molecule has 1 amide bonds. The molecule has 0 atom stereocenters. The topological polar surface area (TPSA) is 72.0 Å². The molecule has 5 nitrogen and oxygen atoms in total. The van der Waals surface area contributed by atoms with Crippen LogP contribution in [-0.4, -0.2) is 21.9 Å². The largest absolute Gasteiger partial charge is 0.301 e. The lowest BCUT2D eigenvalue weighted by Crippen LogP contribution is -2.14. The maximum atomic E-state index is 12.4. The monoisotopic (exact) mass is 371 g/mol. The maximum absolute atomic E-state index is 12.4. The molecule has 1 aliphatic rings. The Morgan fingerprint density at radius 3 is 2.50 bits per heavy atom. The van der Waals surface area contributed by atoms with Crippen LogP contribution in [0.4, 0.5) is 5.13 Å². The van der Waals surface area contributed by atoms with Crippen molar-refractivity contribution in [2.24, 2.45) is 0 Å². The lowest BCUT2D eigenvalue weighted by molar-refractivity contribution is -0.116. The minimum atomic E-state index is -0.201. The van der Waals surface area contributed by atoms with Crippen molar-refractivity contribution in [1.82, 2.24) is 10.2 Å². The van der Waals surface area contributed by atoms with E-state index < -0.39 is 0 Å². The number of amides is 1. The molecule has 0 radical (unpaired) electrons. The molecule has 2 aromatic rings. The van der Waals surface area contributed by atoms with Crippen LogP contribution in [0.1, 0.15) is 72.9 Å². The van der Waals surface area contributed by atoms with Crippen LogP contribution < -0.4 is 5.32 Å². The van der Waals surface area contributed by atoms with E-state index in [1.165, 1.54) is 35.3 Å². The highest BCUT2D eigenvalue weighted by molar-refractivity contribution is 7.15. The van der Waals surface area contributed by atoms with Gasteiger partial charge in [-0.1, -0.05) is 44.2 Å². The number of benzene rings is 1. The highest BCUT2D eigenvalue weighted by Gasteiger charge is 2.20. The number of fused-ring (bicyclic) bond motifs is 1. The minimum Gasteiger partial charge on any atom is -0.301 e. The fourth-order valence-electron chi connectivity index (χ4n) is 3.04. The van der Waals surface area contributed by atoms with Gasteiger partial charge in [-0.3, -0.25) is 9.59 Å². The summed E-state index contributed by atoms with van der Waals surface area (Å²) in [5.41, 5.74) is 3.26. The summed E-state index contributed by atoms with van der Waals surface area (Å²) in [6.07, 6.45) is 4.92. The van der Waals surface area contributed by atoms with E-state index in [2.05, 4.69) is 42.4 Å². The standard InChI is InChI=1S/C20H25N3O2S/c1-20(2,3)18-22-23-19(26-18)21-17(25)11-10-16(24)15-9-8-13-6-4-5-7-14(13)12-15/h8-9,12H,4-7,10-11H2,1-3H3,(H,21,23,25). The van der Waals surface area contributed by atoms with Crippen LogP contribution in [0.25, 0.3) is 0 Å². The molecule has 0 fully saturated rings. The Morgan fingerprint density at radius 2 is 1.81 bits per heavy atom. The smallest absolute Gasteiger partial charge is 0.226 e. The molecule has 26 heavy (non-hydrogen) atoms. The molecule has 138 valence electrons. The van der Waals surface area contributed by atoms with E-state index in [0.717, 1.165) is 17.8 Å². The Kier molecular flexibility index (Phi) is 5.51. The molecule has 3 rings (SSSR count). The van der Waals surface area contributed by atoms with E-state index in [0.29, 0.717) is 10.7 Å². The van der Waals surface area contributed by atoms with E-state index >= 15 is 0 Å². The first-order chi connectivity index (χ1) is 12.3. The van der Waals surface area contributed by atoms with Crippen LogP contribution >= 0.6 is 11.3 Å². The molecular weight excluding hydrogens is 346 g/mol. The third-order valence-electron chi connectivity index (χ3n) is 4.56. The van der Waals surface area contributed by atoms with E-state index in [4.69, 9.17) is 0 Å². The molecule has 0 unspecified atom stereocenters. The number of carbonyl (C=O) groups excluding carboxylic acids is 2. The molecule has 0 saturated carbocycles. The van der Waals surface area contributed by atoms with Crippen LogP contribution in [0.15, 0.2) is 18.2 Å². The molecule has 1 aliphatic carbocycles. The predicted octanol–water partition coefficient (Wildman–Crippen LogP) is 4.32. The van der Waals surface area contributed by atoms with Crippen LogP contribution in [0.2, 0.25) is 0 Å². The number of carbonyl (C=O) groups is 2. The Morgan fingerprint density at radius 1 is 1.08 bits per heavy atom. The van der Waals surface area contributed by atoms with Crippen LogP contribution in [0.3, 0.4) is 0 Å². The van der Waals surface area contributed by atoms with Crippen molar-refractivity contribution in [3.63, 3.8) is 0 Å². The van der Waals surface area contributed by atoms with E-state index in [1.54, 1.807) is 0 Å². The molecule has 0 saturated heterocycles. The van der Waals surface area contributed by atoms with Gasteiger partial charge in [0, 0.05) is 23.8 Å². The van der Waals surface area contributed by atoms with Gasteiger partial charge < -0.3 is 5.32 Å². The average Bonchev–Trinajstić information content (AvgIpc) is 3.08. The molecule has 1 N–H and O–H groups in total. The highest BCUT2D eigenvalue weighted by Crippen LogP contribution is 2.28.